The van der Waals surface area contributed by atoms with Crippen molar-refractivity contribution in [2.45, 2.75) is 6.92 Å². The Bertz CT molecular complexity index is 496. The van der Waals surface area contributed by atoms with Gasteiger partial charge in [0.1, 0.15) is 4.88 Å². The van der Waals surface area contributed by atoms with E-state index in [0.29, 0.717) is 31.9 Å². The van der Waals surface area contributed by atoms with Gasteiger partial charge < -0.3 is 9.64 Å². The molecule has 0 unspecified atom stereocenters. The van der Waals surface area contributed by atoms with Crippen molar-refractivity contribution >= 4 is 33.8 Å². The van der Waals surface area contributed by atoms with Gasteiger partial charge in [0, 0.05) is 13.1 Å². The molecule has 0 atom stereocenters. The van der Waals surface area contributed by atoms with Crippen LogP contribution in [0.15, 0.2) is 0 Å². The first kappa shape index (κ1) is 13.3. The predicted molar refractivity (Wildman–Crippen MR) is 67.4 cm³/mol. The van der Waals surface area contributed by atoms with Crippen LogP contribution in [0.3, 0.4) is 0 Å². The van der Waals surface area contributed by atoms with Gasteiger partial charge in [0.05, 0.1) is 28.7 Å². The van der Waals surface area contributed by atoms with Gasteiger partial charge in [0.15, 0.2) is 0 Å². The monoisotopic (exact) mass is 290 g/mol. The largest absolute Gasteiger partial charge is 0.378 e. The summed E-state index contributed by atoms with van der Waals surface area (Å²) in [6.45, 7) is 3.48. The van der Waals surface area contributed by atoms with Crippen molar-refractivity contribution < 1.29 is 14.5 Å². The first-order valence-corrected chi connectivity index (χ1v) is 6.52. The van der Waals surface area contributed by atoms with Crippen molar-refractivity contribution in [3.63, 3.8) is 0 Å². The molecule has 8 heteroatoms. The standard InChI is InChI=1S/C10H11ClN2O4S/c1-6-7(11)8(18-10(6)13(15)16)9(14)12-2-4-17-5-3-12/h2-5H2,1H3. The van der Waals surface area contributed by atoms with Crippen molar-refractivity contribution in [3.8, 4) is 0 Å². The molecule has 1 aromatic heterocycles. The normalized spacial score (nSPS) is 15.8. The Morgan fingerprint density at radius 3 is 2.61 bits per heavy atom. The molecule has 0 saturated carbocycles. The first-order chi connectivity index (χ1) is 8.52. The maximum Gasteiger partial charge on any atom is 0.329 e. The molecule has 1 fully saturated rings. The average Bonchev–Trinajstić information content (AvgIpc) is 2.67. The van der Waals surface area contributed by atoms with Crippen molar-refractivity contribution in [2.24, 2.45) is 0 Å². The second kappa shape index (κ2) is 5.21. The summed E-state index contributed by atoms with van der Waals surface area (Å²) in [5.41, 5.74) is 0.350. The molecule has 1 aromatic rings. The van der Waals surface area contributed by atoms with Gasteiger partial charge in [0.2, 0.25) is 0 Å². The van der Waals surface area contributed by atoms with E-state index in [1.54, 1.807) is 11.8 Å². The Balaban J connectivity index is 2.30. The number of nitrogens with zero attached hydrogens (tertiary/aromatic N) is 2. The van der Waals surface area contributed by atoms with Gasteiger partial charge >= 0.3 is 5.00 Å². The average molecular weight is 291 g/mol. The van der Waals surface area contributed by atoms with Gasteiger partial charge in [-0.25, -0.2) is 0 Å². The number of carbonyl (C=O) groups is 1. The summed E-state index contributed by atoms with van der Waals surface area (Å²) in [6, 6.07) is 0. The molecule has 1 aliphatic heterocycles. The highest BCUT2D eigenvalue weighted by Gasteiger charge is 2.29. The lowest BCUT2D eigenvalue weighted by Gasteiger charge is -2.26. The molecular weight excluding hydrogens is 280 g/mol. The third-order valence-electron chi connectivity index (χ3n) is 2.71. The van der Waals surface area contributed by atoms with Gasteiger partial charge in [-0.2, -0.15) is 0 Å². The van der Waals surface area contributed by atoms with Crippen molar-refractivity contribution in [3.05, 3.63) is 25.6 Å². The van der Waals surface area contributed by atoms with Crippen LogP contribution in [0.5, 0.6) is 0 Å². The number of hydrogen-bond donors (Lipinski definition) is 0. The Kier molecular flexibility index (Phi) is 3.84. The van der Waals surface area contributed by atoms with E-state index >= 15 is 0 Å². The predicted octanol–water partition coefficient (Wildman–Crippen LogP) is 2.09. The SMILES string of the molecule is Cc1c([N+](=O)[O-])sc(C(=O)N2CCOCC2)c1Cl. The van der Waals surface area contributed by atoms with Crippen LogP contribution in [-0.4, -0.2) is 42.0 Å². The van der Waals surface area contributed by atoms with Crippen LogP contribution in [0.1, 0.15) is 15.2 Å². The number of amides is 1. The van der Waals surface area contributed by atoms with Gasteiger partial charge in [-0.15, -0.1) is 0 Å². The molecule has 0 spiro atoms. The van der Waals surface area contributed by atoms with Crippen LogP contribution in [0.2, 0.25) is 5.02 Å². The van der Waals surface area contributed by atoms with E-state index in [2.05, 4.69) is 0 Å². The zero-order chi connectivity index (χ0) is 13.3. The molecule has 1 saturated heterocycles. The van der Waals surface area contributed by atoms with E-state index in [1.807, 2.05) is 0 Å². The molecular formula is C10H11ClN2O4S. The number of thiophene rings is 1. The van der Waals surface area contributed by atoms with E-state index < -0.39 is 4.92 Å². The van der Waals surface area contributed by atoms with Crippen LogP contribution in [0.25, 0.3) is 0 Å². The number of carbonyl (C=O) groups excluding carboxylic acids is 1. The fraction of sp³-hybridized carbons (Fsp3) is 0.500. The lowest BCUT2D eigenvalue weighted by atomic mass is 10.3. The highest BCUT2D eigenvalue weighted by atomic mass is 35.5. The highest BCUT2D eigenvalue weighted by Crippen LogP contribution is 2.38. The molecule has 18 heavy (non-hydrogen) atoms. The smallest absolute Gasteiger partial charge is 0.329 e. The summed E-state index contributed by atoms with van der Waals surface area (Å²) >= 11 is 6.83. The minimum absolute atomic E-state index is 0.0726. The molecule has 0 aliphatic carbocycles. The minimum Gasteiger partial charge on any atom is -0.378 e. The van der Waals surface area contributed by atoms with Crippen LogP contribution in [0, 0.1) is 17.0 Å². The molecule has 0 aromatic carbocycles. The number of halogens is 1. The second-order valence-corrected chi connectivity index (χ2v) is 5.21. The number of ether oxygens (including phenoxy) is 1. The van der Waals surface area contributed by atoms with Crippen LogP contribution in [-0.2, 0) is 4.74 Å². The summed E-state index contributed by atoms with van der Waals surface area (Å²) < 4.78 is 5.15. The fourth-order valence-corrected chi connectivity index (χ4v) is 3.03. The van der Waals surface area contributed by atoms with Crippen molar-refractivity contribution in [2.75, 3.05) is 26.3 Å². The lowest BCUT2D eigenvalue weighted by molar-refractivity contribution is -0.380. The molecule has 0 radical (unpaired) electrons. The first-order valence-electron chi connectivity index (χ1n) is 5.32. The fourth-order valence-electron chi connectivity index (χ4n) is 1.70. The summed E-state index contributed by atoms with van der Waals surface area (Å²) in [5.74, 6) is -0.260. The molecule has 1 aliphatic rings. The summed E-state index contributed by atoms with van der Waals surface area (Å²) in [6.07, 6.45) is 0. The Hall–Kier alpha value is -1.18. The molecule has 6 nitrogen and oxygen atoms in total. The maximum absolute atomic E-state index is 12.2. The molecule has 0 bridgehead atoms. The van der Waals surface area contributed by atoms with E-state index in [-0.39, 0.29) is 20.8 Å². The van der Waals surface area contributed by atoms with Crippen molar-refractivity contribution in [1.82, 2.24) is 4.90 Å². The van der Waals surface area contributed by atoms with E-state index in [9.17, 15) is 14.9 Å². The molecule has 2 heterocycles. The number of nitro groups is 1. The quantitative estimate of drug-likeness (QED) is 0.617. The van der Waals surface area contributed by atoms with Crippen LogP contribution < -0.4 is 0 Å². The van der Waals surface area contributed by atoms with E-state index in [1.165, 1.54) is 0 Å². The van der Waals surface area contributed by atoms with Gasteiger partial charge in [-0.3, -0.25) is 14.9 Å². The second-order valence-electron chi connectivity index (χ2n) is 3.84. The Labute approximate surface area is 112 Å². The minimum atomic E-state index is -0.512. The summed E-state index contributed by atoms with van der Waals surface area (Å²) in [5, 5.41) is 10.9. The van der Waals surface area contributed by atoms with Gasteiger partial charge in [0.25, 0.3) is 5.91 Å². The molecule has 2 rings (SSSR count). The Morgan fingerprint density at radius 1 is 1.50 bits per heavy atom. The van der Waals surface area contributed by atoms with Crippen LogP contribution >= 0.6 is 22.9 Å². The number of rotatable bonds is 2. The highest BCUT2D eigenvalue weighted by molar-refractivity contribution is 7.18. The van der Waals surface area contributed by atoms with Gasteiger partial charge in [-0.05, 0) is 6.92 Å². The zero-order valence-corrected chi connectivity index (χ0v) is 11.2. The number of hydrogen-bond acceptors (Lipinski definition) is 5. The Morgan fingerprint density at radius 2 is 2.11 bits per heavy atom. The van der Waals surface area contributed by atoms with Crippen molar-refractivity contribution in [1.29, 1.82) is 0 Å². The summed E-state index contributed by atoms with van der Waals surface area (Å²) in [4.78, 5) is 24.3. The molecule has 98 valence electrons. The van der Waals surface area contributed by atoms with E-state index in [4.69, 9.17) is 16.3 Å². The third kappa shape index (κ3) is 2.33. The third-order valence-corrected chi connectivity index (χ3v) is 4.52. The number of morpholine rings is 1. The topological polar surface area (TPSA) is 72.7 Å². The lowest BCUT2D eigenvalue weighted by Crippen LogP contribution is -2.40. The van der Waals surface area contributed by atoms with Crippen LogP contribution in [0.4, 0.5) is 5.00 Å². The molecule has 0 N–H and O–H groups in total. The molecule has 1 amide bonds. The van der Waals surface area contributed by atoms with Gasteiger partial charge in [-0.1, -0.05) is 22.9 Å². The maximum atomic E-state index is 12.2. The van der Waals surface area contributed by atoms with E-state index in [0.717, 1.165) is 11.3 Å². The zero-order valence-electron chi connectivity index (χ0n) is 9.64. The summed E-state index contributed by atoms with van der Waals surface area (Å²) in [7, 11) is 0.